The molecule has 1 atom stereocenters. The van der Waals surface area contributed by atoms with Crippen LogP contribution in [-0.2, 0) is 11.3 Å². The molecule has 0 saturated heterocycles. The van der Waals surface area contributed by atoms with Gasteiger partial charge in [0.2, 0.25) is 5.91 Å². The highest BCUT2D eigenvalue weighted by atomic mass is 16.6. The van der Waals surface area contributed by atoms with Crippen molar-refractivity contribution in [2.75, 3.05) is 25.1 Å². The largest absolute Gasteiger partial charge is 0.486 e. The summed E-state index contributed by atoms with van der Waals surface area (Å²) in [5, 5.41) is 12.8. The van der Waals surface area contributed by atoms with Crippen LogP contribution in [0.5, 0.6) is 11.5 Å². The number of aliphatic hydroxyl groups is 1. The molecule has 4 heterocycles. The molecule has 0 bridgehead atoms. The number of primary amides is 1. The summed E-state index contributed by atoms with van der Waals surface area (Å²) in [6.45, 7) is 0.942. The molecule has 188 valence electrons. The van der Waals surface area contributed by atoms with Crippen LogP contribution >= 0.6 is 0 Å². The molecule has 4 aromatic rings. The van der Waals surface area contributed by atoms with Gasteiger partial charge >= 0.3 is 0 Å². The third kappa shape index (κ3) is 3.91. The molecule has 1 unspecified atom stereocenters. The molecule has 0 saturated carbocycles. The molecule has 2 aliphatic rings. The van der Waals surface area contributed by atoms with Gasteiger partial charge in [-0.2, -0.15) is 0 Å². The van der Waals surface area contributed by atoms with Gasteiger partial charge in [-0.25, -0.2) is 4.98 Å². The molecule has 0 fully saturated rings. The first-order valence-corrected chi connectivity index (χ1v) is 12.0. The van der Waals surface area contributed by atoms with Crippen LogP contribution < -0.4 is 20.5 Å². The minimum absolute atomic E-state index is 0.0929. The summed E-state index contributed by atoms with van der Waals surface area (Å²) >= 11 is 0. The molecule has 6 rings (SSSR count). The SMILES string of the molecule is NC(=O)C(CCO)N1Cc2cc(-c3nc4ccccn4c3Nc3cccc4c3OCCO4)ccc2C1=O. The first-order valence-electron chi connectivity index (χ1n) is 12.0. The maximum Gasteiger partial charge on any atom is 0.255 e. The Balaban J connectivity index is 1.41. The van der Waals surface area contributed by atoms with Crippen LogP contribution in [0.2, 0.25) is 0 Å². The molecule has 10 nitrogen and oxygen atoms in total. The molecule has 10 heteroatoms. The summed E-state index contributed by atoms with van der Waals surface area (Å²) in [5.41, 5.74) is 9.79. The number of nitrogens with one attached hydrogen (secondary N) is 1. The number of ether oxygens (including phenoxy) is 2. The highest BCUT2D eigenvalue weighted by Crippen LogP contribution is 2.41. The second kappa shape index (κ2) is 9.14. The topological polar surface area (TPSA) is 131 Å². The van der Waals surface area contributed by atoms with E-state index in [0.717, 1.165) is 28.3 Å². The van der Waals surface area contributed by atoms with Gasteiger partial charge < -0.3 is 30.5 Å². The molecular weight excluding hydrogens is 474 g/mol. The average Bonchev–Trinajstić information content (AvgIpc) is 3.44. The lowest BCUT2D eigenvalue weighted by Crippen LogP contribution is -2.45. The zero-order valence-corrected chi connectivity index (χ0v) is 19.9. The van der Waals surface area contributed by atoms with E-state index in [4.69, 9.17) is 20.2 Å². The number of fused-ring (bicyclic) bond motifs is 3. The van der Waals surface area contributed by atoms with Gasteiger partial charge in [0.15, 0.2) is 11.5 Å². The van der Waals surface area contributed by atoms with Crippen molar-refractivity contribution >= 4 is 29.0 Å². The van der Waals surface area contributed by atoms with Crippen molar-refractivity contribution in [2.45, 2.75) is 19.0 Å². The minimum atomic E-state index is -0.868. The number of carbonyl (C=O) groups is 2. The number of hydrogen-bond acceptors (Lipinski definition) is 7. The second-order valence-electron chi connectivity index (χ2n) is 8.93. The maximum absolute atomic E-state index is 13.0. The Morgan fingerprint density at radius 3 is 2.84 bits per heavy atom. The predicted octanol–water partition coefficient (Wildman–Crippen LogP) is 2.71. The van der Waals surface area contributed by atoms with Crippen molar-refractivity contribution < 1.29 is 24.2 Å². The summed E-state index contributed by atoms with van der Waals surface area (Å²) < 4.78 is 13.6. The maximum atomic E-state index is 13.0. The Morgan fingerprint density at radius 2 is 2.00 bits per heavy atom. The third-order valence-corrected chi connectivity index (χ3v) is 6.67. The molecule has 0 aliphatic carbocycles. The molecule has 2 aromatic carbocycles. The minimum Gasteiger partial charge on any atom is -0.486 e. The zero-order valence-electron chi connectivity index (χ0n) is 19.9. The van der Waals surface area contributed by atoms with Crippen molar-refractivity contribution in [3.63, 3.8) is 0 Å². The Hall–Kier alpha value is -4.57. The number of pyridine rings is 1. The number of imidazole rings is 1. The molecular formula is C27H25N5O5. The fourth-order valence-electron chi connectivity index (χ4n) is 4.93. The number of hydrogen-bond donors (Lipinski definition) is 3. The fourth-order valence-corrected chi connectivity index (χ4v) is 4.93. The van der Waals surface area contributed by atoms with Gasteiger partial charge in [-0.3, -0.25) is 14.0 Å². The van der Waals surface area contributed by atoms with Gasteiger partial charge in [0.1, 0.15) is 36.4 Å². The van der Waals surface area contributed by atoms with Crippen LogP contribution in [0.3, 0.4) is 0 Å². The van der Waals surface area contributed by atoms with Crippen LogP contribution in [-0.4, -0.2) is 57.1 Å². The standard InChI is InChI=1S/C27H25N5O5/c28-25(34)20(9-11-33)32-15-17-14-16(7-8-18(17)27(32)35)23-26(31-10-2-1-6-22(31)30-23)29-19-4-3-5-21-24(19)37-13-12-36-21/h1-8,10,14,20,29,33H,9,11-13,15H2,(H2,28,34). The number of nitrogens with two attached hydrogens (primary N) is 1. The average molecular weight is 500 g/mol. The van der Waals surface area contributed by atoms with Gasteiger partial charge in [-0.15, -0.1) is 0 Å². The highest BCUT2D eigenvalue weighted by molar-refractivity contribution is 6.01. The summed E-state index contributed by atoms with van der Waals surface area (Å²) in [6.07, 6.45) is 2.02. The van der Waals surface area contributed by atoms with Crippen LogP contribution in [0, 0.1) is 0 Å². The normalized spacial score (nSPS) is 15.1. The number of aromatic nitrogens is 2. The smallest absolute Gasteiger partial charge is 0.255 e. The van der Waals surface area contributed by atoms with Gasteiger partial charge in [0.25, 0.3) is 5.91 Å². The Bertz CT molecular complexity index is 1530. The van der Waals surface area contributed by atoms with Crippen LogP contribution in [0.4, 0.5) is 11.5 Å². The lowest BCUT2D eigenvalue weighted by molar-refractivity contribution is -0.123. The van der Waals surface area contributed by atoms with E-state index in [1.165, 1.54) is 4.90 Å². The summed E-state index contributed by atoms with van der Waals surface area (Å²) in [5.74, 6) is 1.13. The van der Waals surface area contributed by atoms with Crippen LogP contribution in [0.1, 0.15) is 22.3 Å². The van der Waals surface area contributed by atoms with E-state index in [2.05, 4.69) is 5.32 Å². The van der Waals surface area contributed by atoms with Gasteiger partial charge in [-0.05, 0) is 48.4 Å². The molecule has 2 amide bonds. The van der Waals surface area contributed by atoms with Crippen molar-refractivity contribution in [1.29, 1.82) is 0 Å². The van der Waals surface area contributed by atoms with Crippen molar-refractivity contribution in [3.05, 3.63) is 71.9 Å². The van der Waals surface area contributed by atoms with Gasteiger partial charge in [-0.1, -0.05) is 18.2 Å². The second-order valence-corrected chi connectivity index (χ2v) is 8.93. The predicted molar refractivity (Wildman–Crippen MR) is 136 cm³/mol. The quantitative estimate of drug-likeness (QED) is 0.356. The first kappa shape index (κ1) is 22.9. The number of anilines is 2. The molecule has 37 heavy (non-hydrogen) atoms. The molecule has 4 N–H and O–H groups in total. The number of carbonyl (C=O) groups excluding carboxylic acids is 2. The number of rotatable bonds is 7. The third-order valence-electron chi connectivity index (χ3n) is 6.67. The number of amides is 2. The number of nitrogens with zero attached hydrogens (tertiary/aromatic N) is 3. The van der Waals surface area contributed by atoms with E-state index >= 15 is 0 Å². The van der Waals surface area contributed by atoms with E-state index < -0.39 is 11.9 Å². The fraction of sp³-hybridized carbons (Fsp3) is 0.222. The molecule has 2 aromatic heterocycles. The monoisotopic (exact) mass is 499 g/mol. The van der Waals surface area contributed by atoms with E-state index in [1.54, 1.807) is 6.07 Å². The summed E-state index contributed by atoms with van der Waals surface area (Å²) in [4.78, 5) is 31.3. The number of aliphatic hydroxyl groups excluding tert-OH is 1. The van der Waals surface area contributed by atoms with Crippen molar-refractivity contribution in [3.8, 4) is 22.8 Å². The Kier molecular flexibility index (Phi) is 5.65. The van der Waals surface area contributed by atoms with E-state index in [0.29, 0.717) is 36.0 Å². The van der Waals surface area contributed by atoms with Crippen molar-refractivity contribution in [2.24, 2.45) is 5.73 Å². The molecule has 0 spiro atoms. The summed E-state index contributed by atoms with van der Waals surface area (Å²) in [7, 11) is 0. The molecule has 0 radical (unpaired) electrons. The number of benzene rings is 2. The first-order chi connectivity index (χ1) is 18.0. The van der Waals surface area contributed by atoms with E-state index in [1.807, 2.05) is 59.1 Å². The number of para-hydroxylation sites is 1. The lowest BCUT2D eigenvalue weighted by atomic mass is 10.0. The zero-order chi connectivity index (χ0) is 25.5. The van der Waals surface area contributed by atoms with Gasteiger partial charge in [0.05, 0.1) is 5.69 Å². The van der Waals surface area contributed by atoms with Crippen LogP contribution in [0.15, 0.2) is 60.8 Å². The van der Waals surface area contributed by atoms with Crippen molar-refractivity contribution in [1.82, 2.24) is 14.3 Å². The highest BCUT2D eigenvalue weighted by Gasteiger charge is 2.35. The Morgan fingerprint density at radius 1 is 1.14 bits per heavy atom. The van der Waals surface area contributed by atoms with Gasteiger partial charge in [0, 0.05) is 30.5 Å². The Labute approximate surface area is 212 Å². The van der Waals surface area contributed by atoms with E-state index in [9.17, 15) is 14.7 Å². The van der Waals surface area contributed by atoms with E-state index in [-0.39, 0.29) is 25.5 Å². The molecule has 2 aliphatic heterocycles. The van der Waals surface area contributed by atoms with Crippen LogP contribution in [0.25, 0.3) is 16.9 Å². The summed E-state index contributed by atoms with van der Waals surface area (Å²) in [6, 6.07) is 16.1. The lowest BCUT2D eigenvalue weighted by Gasteiger charge is -2.24.